The van der Waals surface area contributed by atoms with E-state index in [2.05, 4.69) is 20.1 Å². The number of hydrogen-bond donors (Lipinski definition) is 0. The first kappa shape index (κ1) is 16.2. The van der Waals surface area contributed by atoms with Gasteiger partial charge in [-0.1, -0.05) is 23.4 Å². The van der Waals surface area contributed by atoms with Crippen LogP contribution in [0.2, 0.25) is 0 Å². The minimum atomic E-state index is -0.0573. The maximum atomic E-state index is 12.2. The fourth-order valence-corrected chi connectivity index (χ4v) is 2.71. The highest BCUT2D eigenvalue weighted by atomic mass is 16.5. The topological polar surface area (TPSA) is 94.2 Å². The van der Waals surface area contributed by atoms with Crippen molar-refractivity contribution < 1.29 is 14.1 Å². The predicted octanol–water partition coefficient (Wildman–Crippen LogP) is 1.84. The van der Waals surface area contributed by atoms with Crippen molar-refractivity contribution in [3.8, 4) is 17.3 Å². The number of carbonyl (C=O) groups excluding carboxylic acids is 1. The number of ether oxygens (including phenoxy) is 1. The van der Waals surface area contributed by atoms with Crippen LogP contribution in [0.5, 0.6) is 5.75 Å². The van der Waals surface area contributed by atoms with Gasteiger partial charge in [0, 0.05) is 25.5 Å². The van der Waals surface area contributed by atoms with Crippen LogP contribution < -0.4 is 4.74 Å². The van der Waals surface area contributed by atoms with Crippen molar-refractivity contribution >= 4 is 5.91 Å². The molecule has 0 aliphatic carbocycles. The zero-order valence-corrected chi connectivity index (χ0v) is 14.2. The molecule has 0 saturated carbocycles. The van der Waals surface area contributed by atoms with Crippen molar-refractivity contribution in [3.63, 3.8) is 0 Å². The predicted molar refractivity (Wildman–Crippen MR) is 91.3 cm³/mol. The molecule has 3 heterocycles. The smallest absolute Gasteiger partial charge is 0.260 e. The normalized spacial score (nSPS) is 14.1. The van der Waals surface area contributed by atoms with E-state index in [1.807, 2.05) is 31.2 Å². The van der Waals surface area contributed by atoms with Crippen LogP contribution in [0.3, 0.4) is 0 Å². The van der Waals surface area contributed by atoms with E-state index in [4.69, 9.17) is 9.26 Å². The molecular weight excluding hydrogens is 334 g/mol. The quantitative estimate of drug-likeness (QED) is 0.692. The summed E-state index contributed by atoms with van der Waals surface area (Å²) in [7, 11) is 0. The summed E-state index contributed by atoms with van der Waals surface area (Å²) in [4.78, 5) is 26.4. The van der Waals surface area contributed by atoms with E-state index < -0.39 is 0 Å². The number of amides is 1. The fourth-order valence-electron chi connectivity index (χ4n) is 2.71. The van der Waals surface area contributed by atoms with Gasteiger partial charge in [0.15, 0.2) is 6.61 Å². The van der Waals surface area contributed by atoms with E-state index in [-0.39, 0.29) is 18.4 Å². The van der Waals surface area contributed by atoms with Crippen LogP contribution in [0.25, 0.3) is 11.5 Å². The summed E-state index contributed by atoms with van der Waals surface area (Å²) in [6.07, 6.45) is 4.73. The summed E-state index contributed by atoms with van der Waals surface area (Å²) in [5.74, 6) is 1.62. The summed E-state index contributed by atoms with van der Waals surface area (Å²) < 4.78 is 10.9. The lowest BCUT2D eigenvalue weighted by molar-refractivity contribution is -0.138. The van der Waals surface area contributed by atoms with Crippen molar-refractivity contribution in [1.29, 1.82) is 0 Å². The zero-order valence-electron chi connectivity index (χ0n) is 14.2. The molecule has 1 aliphatic heterocycles. The number of likely N-dealkylation sites (tertiary alicyclic amines) is 1. The Balaban J connectivity index is 1.31. The van der Waals surface area contributed by atoms with Gasteiger partial charge in [0.25, 0.3) is 5.91 Å². The molecule has 4 rings (SSSR count). The molecule has 8 nitrogen and oxygen atoms in total. The van der Waals surface area contributed by atoms with Gasteiger partial charge in [0.2, 0.25) is 11.7 Å². The van der Waals surface area contributed by atoms with Gasteiger partial charge in [0.1, 0.15) is 11.4 Å². The molecule has 0 N–H and O–H groups in total. The van der Waals surface area contributed by atoms with E-state index in [1.165, 1.54) is 0 Å². The highest BCUT2D eigenvalue weighted by Crippen LogP contribution is 2.27. The standard InChI is InChI=1S/C18H17N5O3/c1-12-4-2-3-5-15(12)25-11-16(24)23-9-13(10-23)18-21-17(22-26-18)14-8-19-6-7-20-14/h2-8,13H,9-11H2,1H3. The van der Waals surface area contributed by atoms with E-state index >= 15 is 0 Å². The van der Waals surface area contributed by atoms with Gasteiger partial charge in [-0.25, -0.2) is 4.98 Å². The van der Waals surface area contributed by atoms with E-state index in [0.29, 0.717) is 30.5 Å². The number of para-hydroxylation sites is 1. The number of hydrogen-bond acceptors (Lipinski definition) is 7. The number of benzene rings is 1. The molecule has 0 atom stereocenters. The molecule has 1 fully saturated rings. The van der Waals surface area contributed by atoms with Crippen molar-refractivity contribution in [3.05, 3.63) is 54.3 Å². The molecule has 132 valence electrons. The third-order valence-corrected chi connectivity index (χ3v) is 4.26. The van der Waals surface area contributed by atoms with Gasteiger partial charge in [-0.15, -0.1) is 0 Å². The number of carbonyl (C=O) groups is 1. The van der Waals surface area contributed by atoms with Gasteiger partial charge in [0.05, 0.1) is 12.1 Å². The Bertz CT molecular complexity index is 906. The van der Waals surface area contributed by atoms with Crippen molar-refractivity contribution in [1.82, 2.24) is 25.0 Å². The minimum absolute atomic E-state index is 0.0201. The molecule has 2 aromatic heterocycles. The maximum Gasteiger partial charge on any atom is 0.260 e. The molecule has 1 saturated heterocycles. The van der Waals surface area contributed by atoms with Crippen LogP contribution in [-0.2, 0) is 4.79 Å². The third kappa shape index (κ3) is 3.26. The van der Waals surface area contributed by atoms with Crippen molar-refractivity contribution in [2.24, 2.45) is 0 Å². The van der Waals surface area contributed by atoms with Gasteiger partial charge < -0.3 is 14.2 Å². The second kappa shape index (κ2) is 6.91. The third-order valence-electron chi connectivity index (χ3n) is 4.26. The second-order valence-electron chi connectivity index (χ2n) is 6.10. The van der Waals surface area contributed by atoms with E-state index in [0.717, 1.165) is 11.3 Å². The molecule has 1 aliphatic rings. The first-order valence-corrected chi connectivity index (χ1v) is 8.27. The molecule has 0 spiro atoms. The van der Waals surface area contributed by atoms with E-state index in [1.54, 1.807) is 23.5 Å². The molecule has 1 aromatic carbocycles. The van der Waals surface area contributed by atoms with Crippen molar-refractivity contribution in [2.45, 2.75) is 12.8 Å². The van der Waals surface area contributed by atoms with Crippen LogP contribution in [0.15, 0.2) is 47.4 Å². The average Bonchev–Trinajstić information content (AvgIpc) is 3.10. The first-order valence-electron chi connectivity index (χ1n) is 8.27. The Labute approximate surface area is 149 Å². The van der Waals surface area contributed by atoms with Crippen LogP contribution in [0, 0.1) is 6.92 Å². The molecular formula is C18H17N5O3. The number of aromatic nitrogens is 4. The molecule has 0 unspecified atom stereocenters. The highest BCUT2D eigenvalue weighted by Gasteiger charge is 2.35. The molecule has 26 heavy (non-hydrogen) atoms. The average molecular weight is 351 g/mol. The van der Waals surface area contributed by atoms with Gasteiger partial charge in [-0.05, 0) is 18.6 Å². The Kier molecular flexibility index (Phi) is 4.30. The number of aryl methyl sites for hydroxylation is 1. The molecule has 8 heteroatoms. The second-order valence-corrected chi connectivity index (χ2v) is 6.10. The lowest BCUT2D eigenvalue weighted by Gasteiger charge is -2.36. The van der Waals surface area contributed by atoms with Crippen LogP contribution in [0.4, 0.5) is 0 Å². The van der Waals surface area contributed by atoms with Gasteiger partial charge in [-0.2, -0.15) is 4.98 Å². The SMILES string of the molecule is Cc1ccccc1OCC(=O)N1CC(c2nc(-c3cnccn3)no2)C1. The van der Waals surface area contributed by atoms with Gasteiger partial charge >= 0.3 is 0 Å². The highest BCUT2D eigenvalue weighted by molar-refractivity contribution is 5.78. The Hall–Kier alpha value is -3.29. The van der Waals surface area contributed by atoms with Crippen molar-refractivity contribution in [2.75, 3.05) is 19.7 Å². The number of nitrogens with zero attached hydrogens (tertiary/aromatic N) is 5. The Morgan fingerprint density at radius 1 is 1.31 bits per heavy atom. The summed E-state index contributed by atoms with van der Waals surface area (Å²) >= 11 is 0. The Morgan fingerprint density at radius 2 is 2.15 bits per heavy atom. The lowest BCUT2D eigenvalue weighted by Crippen LogP contribution is -2.50. The molecule has 0 radical (unpaired) electrons. The van der Waals surface area contributed by atoms with Crippen LogP contribution in [0.1, 0.15) is 17.4 Å². The zero-order chi connectivity index (χ0) is 17.9. The minimum Gasteiger partial charge on any atom is -0.484 e. The summed E-state index contributed by atoms with van der Waals surface area (Å²) in [6.45, 7) is 3.05. The lowest BCUT2D eigenvalue weighted by atomic mass is 10.0. The molecule has 3 aromatic rings. The largest absolute Gasteiger partial charge is 0.484 e. The maximum absolute atomic E-state index is 12.2. The summed E-state index contributed by atoms with van der Waals surface area (Å²) in [6, 6.07) is 7.62. The monoisotopic (exact) mass is 351 g/mol. The Morgan fingerprint density at radius 3 is 2.92 bits per heavy atom. The van der Waals surface area contributed by atoms with Gasteiger partial charge in [-0.3, -0.25) is 9.78 Å². The van der Waals surface area contributed by atoms with Crippen LogP contribution in [-0.4, -0.2) is 50.6 Å². The van der Waals surface area contributed by atoms with Crippen LogP contribution >= 0.6 is 0 Å². The molecule has 1 amide bonds. The summed E-state index contributed by atoms with van der Waals surface area (Å²) in [5, 5.41) is 3.93. The fraction of sp³-hybridized carbons (Fsp3) is 0.278. The molecule has 0 bridgehead atoms. The van der Waals surface area contributed by atoms with E-state index in [9.17, 15) is 4.79 Å². The summed E-state index contributed by atoms with van der Waals surface area (Å²) in [5.41, 5.74) is 1.56. The first-order chi connectivity index (χ1) is 12.7. The number of rotatable bonds is 5.